The highest BCUT2D eigenvalue weighted by atomic mass is 16.5. The second-order valence-electron chi connectivity index (χ2n) is 13.9. The third kappa shape index (κ3) is 8.54. The standard InChI is InChI=1S/C35H48N8O6/c1-22(2)32(46)42-18-16-41(17-19-42)21-28-31(45)36-23(3)33(47)43-15-7-8-26(38-43)30(44)39-40(6)29-12-11-25-10-9-24(20-27(25)37-29)13-14-35(4,5)34(48)49-28/h9-14,20,22-23,26,28,38H,7-8,15-19,21H2,1-6H3,(H,36,45)(H,39,44)/b14-13+. The van der Waals surface area contributed by atoms with Gasteiger partial charge in [-0.05, 0) is 57.4 Å². The maximum Gasteiger partial charge on any atom is 0.316 e. The third-order valence-electron chi connectivity index (χ3n) is 9.18. The number of nitrogens with one attached hydrogen (secondary N) is 3. The van der Waals surface area contributed by atoms with Crippen LogP contribution in [0.15, 0.2) is 36.4 Å². The molecule has 5 rings (SSSR count). The Morgan fingerprint density at radius 3 is 2.45 bits per heavy atom. The number of ether oxygens (including phenoxy) is 1. The number of hydrogen-bond donors (Lipinski definition) is 3. The van der Waals surface area contributed by atoms with Crippen LogP contribution in [0, 0.1) is 11.3 Å². The summed E-state index contributed by atoms with van der Waals surface area (Å²) in [6, 6.07) is 7.80. The highest BCUT2D eigenvalue weighted by Gasteiger charge is 2.36. The molecule has 2 aromatic rings. The van der Waals surface area contributed by atoms with Gasteiger partial charge >= 0.3 is 5.97 Å². The molecule has 0 saturated carbocycles. The van der Waals surface area contributed by atoms with E-state index in [-0.39, 0.29) is 24.3 Å². The summed E-state index contributed by atoms with van der Waals surface area (Å²) in [6.45, 7) is 11.2. The van der Waals surface area contributed by atoms with E-state index in [0.717, 1.165) is 10.9 Å². The molecule has 14 nitrogen and oxygen atoms in total. The van der Waals surface area contributed by atoms with Gasteiger partial charge in [-0.3, -0.25) is 44.3 Å². The Bertz CT molecular complexity index is 1620. The van der Waals surface area contributed by atoms with Gasteiger partial charge in [0.2, 0.25) is 5.91 Å². The zero-order chi connectivity index (χ0) is 35.5. The summed E-state index contributed by atoms with van der Waals surface area (Å²) >= 11 is 0. The molecule has 1 aromatic carbocycles. The van der Waals surface area contributed by atoms with Crippen LogP contribution in [0.1, 0.15) is 53.0 Å². The molecule has 3 aliphatic rings. The maximum atomic E-state index is 13.7. The highest BCUT2D eigenvalue weighted by Crippen LogP contribution is 2.25. The number of aromatic nitrogens is 1. The van der Waals surface area contributed by atoms with Crippen molar-refractivity contribution < 1.29 is 28.7 Å². The summed E-state index contributed by atoms with van der Waals surface area (Å²) in [7, 11) is 1.70. The molecular weight excluding hydrogens is 628 g/mol. The number of rotatable bonds is 3. The Hall–Kier alpha value is -4.56. The summed E-state index contributed by atoms with van der Waals surface area (Å²) in [5.41, 5.74) is 6.27. The van der Waals surface area contributed by atoms with Crippen molar-refractivity contribution in [3.63, 3.8) is 0 Å². The Morgan fingerprint density at radius 1 is 1.02 bits per heavy atom. The molecular formula is C35H48N8O6. The summed E-state index contributed by atoms with van der Waals surface area (Å²) in [5.74, 6) is -1.48. The minimum absolute atomic E-state index is 0.0727. The lowest BCUT2D eigenvalue weighted by atomic mass is 9.92. The lowest BCUT2D eigenvalue weighted by Gasteiger charge is -2.37. The second kappa shape index (κ2) is 14.9. The van der Waals surface area contributed by atoms with Crippen LogP contribution in [0.4, 0.5) is 5.82 Å². The number of esters is 1. The normalized spacial score (nSPS) is 25.2. The number of hydrogen-bond acceptors (Lipinski definition) is 10. The van der Waals surface area contributed by atoms with E-state index in [9.17, 15) is 24.0 Å². The van der Waals surface area contributed by atoms with E-state index in [0.29, 0.717) is 56.9 Å². The van der Waals surface area contributed by atoms with Crippen molar-refractivity contribution >= 4 is 52.4 Å². The van der Waals surface area contributed by atoms with Crippen LogP contribution in [0.3, 0.4) is 0 Å². The quantitative estimate of drug-likeness (QED) is 0.407. The summed E-state index contributed by atoms with van der Waals surface area (Å²) < 4.78 is 5.93. The van der Waals surface area contributed by atoms with Crippen LogP contribution in [-0.2, 0) is 28.7 Å². The fourth-order valence-corrected chi connectivity index (χ4v) is 6.03. The average molecular weight is 677 g/mol. The number of pyridine rings is 1. The van der Waals surface area contributed by atoms with E-state index in [2.05, 4.69) is 16.2 Å². The van der Waals surface area contributed by atoms with E-state index in [1.807, 2.05) is 55.2 Å². The third-order valence-corrected chi connectivity index (χ3v) is 9.18. The van der Waals surface area contributed by atoms with Crippen LogP contribution in [-0.4, -0.2) is 114 Å². The molecule has 3 unspecified atom stereocenters. The van der Waals surface area contributed by atoms with Crippen LogP contribution >= 0.6 is 0 Å². The molecule has 4 amide bonds. The summed E-state index contributed by atoms with van der Waals surface area (Å²) in [4.78, 5) is 75.3. The van der Waals surface area contributed by atoms with Gasteiger partial charge in [-0.15, -0.1) is 0 Å². The Labute approximate surface area is 287 Å². The minimum atomic E-state index is -1.22. The van der Waals surface area contributed by atoms with Gasteiger partial charge in [0.1, 0.15) is 17.9 Å². The number of cyclic esters (lactones) is 1. The molecule has 1 aromatic heterocycles. The molecule has 264 valence electrons. The van der Waals surface area contributed by atoms with Gasteiger partial charge < -0.3 is 15.0 Å². The van der Waals surface area contributed by atoms with Gasteiger partial charge in [-0.1, -0.05) is 38.1 Å². The molecule has 3 aliphatic heterocycles. The lowest BCUT2D eigenvalue weighted by molar-refractivity contribution is -0.164. The molecule has 14 heteroatoms. The topological polar surface area (TPSA) is 157 Å². The van der Waals surface area contributed by atoms with Crippen molar-refractivity contribution in [3.05, 3.63) is 42.0 Å². The molecule has 0 aliphatic carbocycles. The van der Waals surface area contributed by atoms with Crippen molar-refractivity contribution in [2.75, 3.05) is 51.3 Å². The molecule has 5 bridgehead atoms. The van der Waals surface area contributed by atoms with Crippen molar-refractivity contribution in [3.8, 4) is 0 Å². The fourth-order valence-electron chi connectivity index (χ4n) is 6.03. The van der Waals surface area contributed by atoms with Gasteiger partial charge in [0.05, 0.1) is 10.9 Å². The maximum absolute atomic E-state index is 13.7. The largest absolute Gasteiger partial charge is 0.450 e. The highest BCUT2D eigenvalue weighted by molar-refractivity contribution is 5.92. The monoisotopic (exact) mass is 676 g/mol. The van der Waals surface area contributed by atoms with E-state index >= 15 is 0 Å². The first-order chi connectivity index (χ1) is 23.2. The summed E-state index contributed by atoms with van der Waals surface area (Å²) in [6.07, 6.45) is 3.40. The molecule has 2 fully saturated rings. The minimum Gasteiger partial charge on any atom is -0.450 e. The van der Waals surface area contributed by atoms with Crippen LogP contribution in [0.5, 0.6) is 0 Å². The SMILES string of the molecule is CC(C)C(=O)N1CCN(CC2OC(=O)C(C)(C)/C=C/c3ccc4ccc(nc4c3)N(C)NC(=O)C3CCCN(N3)C(=O)C(C)NC2=O)CC1. The predicted molar refractivity (Wildman–Crippen MR) is 184 cm³/mol. The predicted octanol–water partition coefficient (Wildman–Crippen LogP) is 1.47. The number of anilines is 1. The first kappa shape index (κ1) is 35.7. The number of amides is 4. The van der Waals surface area contributed by atoms with Crippen LogP contribution in [0.25, 0.3) is 17.0 Å². The zero-order valence-corrected chi connectivity index (χ0v) is 29.2. The zero-order valence-electron chi connectivity index (χ0n) is 29.2. The van der Waals surface area contributed by atoms with E-state index in [1.54, 1.807) is 43.8 Å². The number of carbonyl (C=O) groups is 5. The van der Waals surface area contributed by atoms with Gasteiger partial charge in [-0.2, -0.15) is 0 Å². The van der Waals surface area contributed by atoms with Crippen LogP contribution in [0.2, 0.25) is 0 Å². The summed E-state index contributed by atoms with van der Waals surface area (Å²) in [5, 5.41) is 6.55. The van der Waals surface area contributed by atoms with Crippen molar-refractivity contribution in [2.24, 2.45) is 11.3 Å². The Morgan fingerprint density at radius 2 is 1.73 bits per heavy atom. The molecule has 0 radical (unpaired) electrons. The van der Waals surface area contributed by atoms with Crippen molar-refractivity contribution in [2.45, 2.75) is 65.6 Å². The molecule has 3 atom stereocenters. The first-order valence-electron chi connectivity index (χ1n) is 17.0. The second-order valence-corrected chi connectivity index (χ2v) is 13.9. The number of fused-ring (bicyclic) bond motifs is 4. The van der Waals surface area contributed by atoms with Crippen molar-refractivity contribution in [1.82, 2.24) is 36.0 Å². The average Bonchev–Trinajstić information content (AvgIpc) is 3.09. The first-order valence-corrected chi connectivity index (χ1v) is 17.0. The Kier molecular flexibility index (Phi) is 10.9. The number of piperazine rings is 1. The molecule has 3 N–H and O–H groups in total. The van der Waals surface area contributed by atoms with Gasteiger partial charge in [0.25, 0.3) is 17.7 Å². The Balaban J connectivity index is 1.43. The van der Waals surface area contributed by atoms with Gasteiger partial charge in [0.15, 0.2) is 6.10 Å². The van der Waals surface area contributed by atoms with Crippen LogP contribution < -0.4 is 21.2 Å². The fraction of sp³-hybridized carbons (Fsp3) is 0.543. The number of benzene rings is 1. The molecule has 0 spiro atoms. The van der Waals surface area contributed by atoms with Gasteiger partial charge in [0, 0.05) is 57.6 Å². The number of carbonyl (C=O) groups excluding carboxylic acids is 5. The number of hydrazine groups is 2. The van der Waals surface area contributed by atoms with E-state index in [1.165, 1.54) is 5.01 Å². The molecule has 2 saturated heterocycles. The lowest BCUT2D eigenvalue weighted by Crippen LogP contribution is -2.62. The molecule has 4 heterocycles. The van der Waals surface area contributed by atoms with E-state index < -0.39 is 41.4 Å². The van der Waals surface area contributed by atoms with E-state index in [4.69, 9.17) is 9.72 Å². The number of nitrogens with zero attached hydrogens (tertiary/aromatic N) is 5. The van der Waals surface area contributed by atoms with Crippen molar-refractivity contribution in [1.29, 1.82) is 0 Å². The van der Waals surface area contributed by atoms with Gasteiger partial charge in [-0.25, -0.2) is 10.4 Å². The smallest absolute Gasteiger partial charge is 0.316 e. The molecule has 49 heavy (non-hydrogen) atoms.